The molecule has 0 bridgehead atoms. The third-order valence-electron chi connectivity index (χ3n) is 4.86. The smallest absolute Gasteiger partial charge is 0.209 e. The molecule has 0 saturated carbocycles. The molecule has 4 rings (SSSR count). The van der Waals surface area contributed by atoms with Gasteiger partial charge >= 0.3 is 0 Å². The number of hydrogen-bond donors (Lipinski definition) is 0. The Morgan fingerprint density at radius 3 is 2.50 bits per heavy atom. The van der Waals surface area contributed by atoms with Crippen molar-refractivity contribution in [1.29, 1.82) is 0 Å². The first-order valence-corrected chi connectivity index (χ1v) is 9.55. The Balaban J connectivity index is 1.40. The molecule has 2 unspecified atom stereocenters. The number of nitrogens with zero attached hydrogens (tertiary/aromatic N) is 4. The number of morpholine rings is 2. The van der Waals surface area contributed by atoms with Crippen molar-refractivity contribution >= 4 is 6.08 Å². The summed E-state index contributed by atoms with van der Waals surface area (Å²) in [6.45, 7) is 4.56. The van der Waals surface area contributed by atoms with Crippen LogP contribution in [0.1, 0.15) is 24.4 Å². The largest absolute Gasteiger partial charge is 0.378 e. The normalized spacial score (nSPS) is 24.3. The van der Waals surface area contributed by atoms with E-state index in [1.165, 1.54) is 0 Å². The van der Waals surface area contributed by atoms with Crippen LogP contribution in [0.4, 0.5) is 0 Å². The summed E-state index contributed by atoms with van der Waals surface area (Å²) < 4.78 is 21.6. The third-order valence-corrected chi connectivity index (χ3v) is 4.86. The standard InChI is InChI=1S/C20H24N4O4/c1(5-19-7-9-21-27-19)3-17-15-25-13-11-23(17)24-12-14-26-16-18(24)4-2-6-20-8-10-22-28-20/h1,5,7-10,17-18H,3-4,11-16H2/b5-1-. The molecule has 2 aromatic heterocycles. The zero-order chi connectivity index (χ0) is 19.0. The van der Waals surface area contributed by atoms with E-state index in [0.29, 0.717) is 25.4 Å². The van der Waals surface area contributed by atoms with Crippen molar-refractivity contribution in [3.63, 3.8) is 0 Å². The van der Waals surface area contributed by atoms with Gasteiger partial charge in [0.25, 0.3) is 0 Å². The average molecular weight is 384 g/mol. The van der Waals surface area contributed by atoms with E-state index in [2.05, 4.69) is 38.2 Å². The molecule has 2 aliphatic heterocycles. The van der Waals surface area contributed by atoms with E-state index in [1.807, 2.05) is 12.1 Å². The molecule has 0 aliphatic carbocycles. The fourth-order valence-corrected chi connectivity index (χ4v) is 3.51. The number of ether oxygens (including phenoxy) is 2. The maximum atomic E-state index is 5.74. The van der Waals surface area contributed by atoms with Crippen LogP contribution in [-0.2, 0) is 9.47 Å². The maximum absolute atomic E-state index is 5.74. The van der Waals surface area contributed by atoms with Gasteiger partial charge in [0.2, 0.25) is 5.76 Å². The van der Waals surface area contributed by atoms with Gasteiger partial charge in [0, 0.05) is 31.6 Å². The minimum Gasteiger partial charge on any atom is -0.378 e. The highest BCUT2D eigenvalue weighted by atomic mass is 16.5. The van der Waals surface area contributed by atoms with Crippen LogP contribution in [0.5, 0.6) is 0 Å². The van der Waals surface area contributed by atoms with Crippen LogP contribution in [0.25, 0.3) is 6.08 Å². The minimum absolute atomic E-state index is 0.211. The summed E-state index contributed by atoms with van der Waals surface area (Å²) in [5.41, 5.74) is 0. The summed E-state index contributed by atoms with van der Waals surface area (Å²) in [5, 5.41) is 12.2. The Labute approximate surface area is 164 Å². The van der Waals surface area contributed by atoms with E-state index in [1.54, 1.807) is 18.5 Å². The quantitative estimate of drug-likeness (QED) is 0.723. The molecule has 0 spiro atoms. The molecular weight excluding hydrogens is 360 g/mol. The van der Waals surface area contributed by atoms with E-state index < -0.39 is 0 Å². The zero-order valence-corrected chi connectivity index (χ0v) is 15.7. The second kappa shape index (κ2) is 9.66. The van der Waals surface area contributed by atoms with Crippen LogP contribution in [0.2, 0.25) is 0 Å². The topological polar surface area (TPSA) is 77.0 Å². The molecule has 2 atom stereocenters. The van der Waals surface area contributed by atoms with Gasteiger partial charge in [-0.3, -0.25) is 0 Å². The Morgan fingerprint density at radius 2 is 1.75 bits per heavy atom. The van der Waals surface area contributed by atoms with Crippen LogP contribution in [0, 0.1) is 11.8 Å². The Morgan fingerprint density at radius 1 is 1.00 bits per heavy atom. The van der Waals surface area contributed by atoms with Crippen LogP contribution >= 0.6 is 0 Å². The van der Waals surface area contributed by atoms with Crippen molar-refractivity contribution < 1.29 is 18.5 Å². The van der Waals surface area contributed by atoms with Gasteiger partial charge in [0.1, 0.15) is 0 Å². The summed E-state index contributed by atoms with van der Waals surface area (Å²) in [6, 6.07) is 4.09. The second-order valence-corrected chi connectivity index (χ2v) is 6.72. The Bertz CT molecular complexity index is 794. The average Bonchev–Trinajstić information content (AvgIpc) is 3.43. The van der Waals surface area contributed by atoms with E-state index in [-0.39, 0.29) is 12.1 Å². The zero-order valence-electron chi connectivity index (χ0n) is 15.7. The van der Waals surface area contributed by atoms with Gasteiger partial charge in [0.15, 0.2) is 5.76 Å². The van der Waals surface area contributed by atoms with Gasteiger partial charge in [-0.05, 0) is 18.4 Å². The molecule has 8 heteroatoms. The van der Waals surface area contributed by atoms with Crippen molar-refractivity contribution in [2.24, 2.45) is 0 Å². The summed E-state index contributed by atoms with van der Waals surface area (Å²) in [4.78, 5) is 0. The van der Waals surface area contributed by atoms with Gasteiger partial charge in [-0.1, -0.05) is 22.3 Å². The number of hydrazine groups is 1. The lowest BCUT2D eigenvalue weighted by Crippen LogP contribution is -2.61. The van der Waals surface area contributed by atoms with Crippen molar-refractivity contribution in [3.05, 3.63) is 42.1 Å². The number of rotatable bonds is 5. The van der Waals surface area contributed by atoms with Crippen molar-refractivity contribution in [3.8, 4) is 11.8 Å². The predicted molar refractivity (Wildman–Crippen MR) is 101 cm³/mol. The van der Waals surface area contributed by atoms with Gasteiger partial charge in [-0.2, -0.15) is 0 Å². The fraction of sp³-hybridized carbons (Fsp3) is 0.500. The molecule has 0 radical (unpaired) electrons. The highest BCUT2D eigenvalue weighted by molar-refractivity contribution is 5.41. The highest BCUT2D eigenvalue weighted by Gasteiger charge is 2.33. The van der Waals surface area contributed by atoms with Crippen molar-refractivity contribution in [1.82, 2.24) is 20.3 Å². The second-order valence-electron chi connectivity index (χ2n) is 6.72. The molecule has 2 aromatic rings. The first kappa shape index (κ1) is 18.9. The number of hydrogen-bond acceptors (Lipinski definition) is 8. The molecule has 28 heavy (non-hydrogen) atoms. The monoisotopic (exact) mass is 384 g/mol. The molecule has 2 fully saturated rings. The van der Waals surface area contributed by atoms with E-state index in [4.69, 9.17) is 18.5 Å². The van der Waals surface area contributed by atoms with Crippen molar-refractivity contribution in [2.75, 3.05) is 39.5 Å². The molecular formula is C20H24N4O4. The van der Waals surface area contributed by atoms with E-state index >= 15 is 0 Å². The van der Waals surface area contributed by atoms with Gasteiger partial charge in [0.05, 0.1) is 50.9 Å². The molecule has 0 aromatic carbocycles. The van der Waals surface area contributed by atoms with Crippen molar-refractivity contribution in [2.45, 2.75) is 24.9 Å². The van der Waals surface area contributed by atoms with Crippen LogP contribution in [0.3, 0.4) is 0 Å². The molecule has 8 nitrogen and oxygen atoms in total. The first-order chi connectivity index (χ1) is 13.9. The van der Waals surface area contributed by atoms with Crippen LogP contribution in [-0.4, -0.2) is 71.9 Å². The van der Waals surface area contributed by atoms with Gasteiger partial charge in [-0.25, -0.2) is 10.0 Å². The van der Waals surface area contributed by atoms with Crippen LogP contribution in [0.15, 0.2) is 39.6 Å². The highest BCUT2D eigenvalue weighted by Crippen LogP contribution is 2.21. The lowest BCUT2D eigenvalue weighted by molar-refractivity contribution is -0.180. The van der Waals surface area contributed by atoms with Crippen LogP contribution < -0.4 is 0 Å². The molecule has 2 aliphatic rings. The fourth-order valence-electron chi connectivity index (χ4n) is 3.51. The summed E-state index contributed by atoms with van der Waals surface area (Å²) in [6.07, 6.45) is 8.90. The van der Waals surface area contributed by atoms with E-state index in [0.717, 1.165) is 38.5 Å². The minimum atomic E-state index is 0.211. The Hall–Kier alpha value is -2.44. The lowest BCUT2D eigenvalue weighted by Gasteiger charge is -2.47. The summed E-state index contributed by atoms with van der Waals surface area (Å²) in [5.74, 6) is 7.58. The lowest BCUT2D eigenvalue weighted by atomic mass is 10.1. The number of aromatic nitrogens is 2. The molecule has 0 N–H and O–H groups in total. The summed E-state index contributed by atoms with van der Waals surface area (Å²) >= 11 is 0. The molecule has 4 heterocycles. The van der Waals surface area contributed by atoms with Gasteiger partial charge in [-0.15, -0.1) is 0 Å². The van der Waals surface area contributed by atoms with E-state index in [9.17, 15) is 0 Å². The molecule has 148 valence electrons. The molecule has 2 saturated heterocycles. The van der Waals surface area contributed by atoms with Gasteiger partial charge < -0.3 is 18.5 Å². The molecule has 0 amide bonds. The SMILES string of the molecule is C(#Cc1ccno1)CC1COCCN1N1CCOCC1C/C=C\c1ccno1. The maximum Gasteiger partial charge on any atom is 0.209 e. The first-order valence-electron chi connectivity index (χ1n) is 9.55. The predicted octanol–water partition coefficient (Wildman–Crippen LogP) is 1.82. The Kier molecular flexibility index (Phi) is 6.52. The summed E-state index contributed by atoms with van der Waals surface area (Å²) in [7, 11) is 0. The third kappa shape index (κ3) is 4.88.